The first-order valence-corrected chi connectivity index (χ1v) is 8.52. The van der Waals surface area contributed by atoms with Crippen molar-refractivity contribution in [2.45, 2.75) is 45.1 Å². The van der Waals surface area contributed by atoms with Crippen LogP contribution < -0.4 is 5.32 Å². The first-order chi connectivity index (χ1) is 10.5. The number of aliphatic carboxylic acids is 1. The topological polar surface area (TPSA) is 66.4 Å². The second-order valence-electron chi connectivity index (χ2n) is 6.13. The summed E-state index contributed by atoms with van der Waals surface area (Å²) in [6, 6.07) is 8.16. The number of hydrogen-bond donors (Lipinski definition) is 2. The number of carbonyl (C=O) groups is 2. The molecule has 5 heteroatoms. The lowest BCUT2D eigenvalue weighted by molar-refractivity contribution is -0.144. The predicted octanol–water partition coefficient (Wildman–Crippen LogP) is 3.39. The van der Waals surface area contributed by atoms with E-state index in [2.05, 4.69) is 21.2 Å². The van der Waals surface area contributed by atoms with Crippen LogP contribution in [0, 0.1) is 11.8 Å². The van der Waals surface area contributed by atoms with Gasteiger partial charge in [-0.3, -0.25) is 9.59 Å². The fourth-order valence-corrected chi connectivity index (χ4v) is 3.25. The van der Waals surface area contributed by atoms with E-state index in [1.807, 2.05) is 31.2 Å². The van der Waals surface area contributed by atoms with Gasteiger partial charge in [0.05, 0.1) is 5.92 Å². The van der Waals surface area contributed by atoms with Crippen LogP contribution >= 0.6 is 15.9 Å². The van der Waals surface area contributed by atoms with Crippen LogP contribution in [-0.4, -0.2) is 23.0 Å². The summed E-state index contributed by atoms with van der Waals surface area (Å²) in [7, 11) is 0. The third-order valence-corrected chi connectivity index (χ3v) is 4.82. The highest BCUT2D eigenvalue weighted by atomic mass is 79.9. The van der Waals surface area contributed by atoms with Crippen molar-refractivity contribution >= 4 is 27.8 Å². The number of amides is 1. The van der Waals surface area contributed by atoms with E-state index in [4.69, 9.17) is 5.11 Å². The number of hydrogen-bond acceptors (Lipinski definition) is 2. The summed E-state index contributed by atoms with van der Waals surface area (Å²) in [5, 5.41) is 12.0. The van der Waals surface area contributed by atoms with Crippen molar-refractivity contribution in [1.82, 2.24) is 5.32 Å². The molecule has 0 heterocycles. The molecule has 1 saturated carbocycles. The Morgan fingerprint density at radius 1 is 1.18 bits per heavy atom. The average Bonchev–Trinajstić information content (AvgIpc) is 2.49. The lowest BCUT2D eigenvalue weighted by Gasteiger charge is -2.26. The predicted molar refractivity (Wildman–Crippen MR) is 88.5 cm³/mol. The van der Waals surface area contributed by atoms with Gasteiger partial charge in [-0.05, 0) is 56.7 Å². The van der Waals surface area contributed by atoms with Crippen LogP contribution in [0.15, 0.2) is 28.7 Å². The first kappa shape index (κ1) is 17.0. The molecule has 4 nitrogen and oxygen atoms in total. The summed E-state index contributed by atoms with van der Waals surface area (Å²) >= 11 is 3.41. The molecule has 2 rings (SSSR count). The summed E-state index contributed by atoms with van der Waals surface area (Å²) in [4.78, 5) is 23.2. The van der Waals surface area contributed by atoms with E-state index in [0.29, 0.717) is 25.7 Å². The highest BCUT2D eigenvalue weighted by Crippen LogP contribution is 2.29. The van der Waals surface area contributed by atoms with Crippen LogP contribution in [0.4, 0.5) is 0 Å². The molecule has 1 amide bonds. The standard InChI is InChI=1S/C17H22BrNO3/c1-11(10-12-2-8-15(18)9-3-12)19-16(20)13-4-6-14(7-5-13)17(21)22/h2-3,8-9,11,13-14H,4-7,10H2,1H3,(H,19,20)(H,21,22). The first-order valence-electron chi connectivity index (χ1n) is 7.73. The van der Waals surface area contributed by atoms with Crippen molar-refractivity contribution in [1.29, 1.82) is 0 Å². The molecular formula is C17H22BrNO3. The minimum atomic E-state index is -0.734. The lowest BCUT2D eigenvalue weighted by atomic mass is 9.81. The molecule has 1 unspecified atom stereocenters. The Labute approximate surface area is 139 Å². The Kier molecular flexibility index (Phi) is 6.00. The van der Waals surface area contributed by atoms with Gasteiger partial charge in [0.15, 0.2) is 0 Å². The average molecular weight is 368 g/mol. The van der Waals surface area contributed by atoms with E-state index in [1.54, 1.807) is 0 Å². The maximum atomic E-state index is 12.3. The van der Waals surface area contributed by atoms with E-state index in [-0.39, 0.29) is 23.8 Å². The Balaban J connectivity index is 1.79. The number of nitrogens with one attached hydrogen (secondary N) is 1. The van der Waals surface area contributed by atoms with Gasteiger partial charge in [0.25, 0.3) is 0 Å². The fraction of sp³-hybridized carbons (Fsp3) is 0.529. The number of carboxylic acid groups (broad SMARTS) is 1. The Bertz CT molecular complexity index is 521. The van der Waals surface area contributed by atoms with Crippen LogP contribution in [-0.2, 0) is 16.0 Å². The minimum Gasteiger partial charge on any atom is -0.481 e. The molecule has 22 heavy (non-hydrogen) atoms. The number of carbonyl (C=O) groups excluding carboxylic acids is 1. The molecule has 0 bridgehead atoms. The van der Waals surface area contributed by atoms with Crippen LogP contribution in [0.5, 0.6) is 0 Å². The monoisotopic (exact) mass is 367 g/mol. The summed E-state index contributed by atoms with van der Waals surface area (Å²) in [5.74, 6) is -0.983. The van der Waals surface area contributed by atoms with Crippen LogP contribution in [0.3, 0.4) is 0 Å². The van der Waals surface area contributed by atoms with Crippen molar-refractivity contribution < 1.29 is 14.7 Å². The molecule has 2 N–H and O–H groups in total. The van der Waals surface area contributed by atoms with E-state index < -0.39 is 5.97 Å². The Morgan fingerprint density at radius 2 is 1.73 bits per heavy atom. The van der Waals surface area contributed by atoms with Gasteiger partial charge in [0, 0.05) is 16.4 Å². The van der Waals surface area contributed by atoms with E-state index >= 15 is 0 Å². The quantitative estimate of drug-likeness (QED) is 0.837. The molecule has 0 aliphatic heterocycles. The third-order valence-electron chi connectivity index (χ3n) is 4.29. The van der Waals surface area contributed by atoms with Gasteiger partial charge < -0.3 is 10.4 Å². The van der Waals surface area contributed by atoms with Gasteiger partial charge >= 0.3 is 5.97 Å². The molecule has 0 spiro atoms. The van der Waals surface area contributed by atoms with Gasteiger partial charge in [0.2, 0.25) is 5.91 Å². The molecule has 1 aliphatic carbocycles. The smallest absolute Gasteiger partial charge is 0.306 e. The number of rotatable bonds is 5. The van der Waals surface area contributed by atoms with Crippen molar-refractivity contribution in [3.63, 3.8) is 0 Å². The zero-order valence-corrected chi connectivity index (χ0v) is 14.3. The summed E-state index contributed by atoms with van der Waals surface area (Å²) in [6.07, 6.45) is 3.36. The molecule has 1 atom stereocenters. The minimum absolute atomic E-state index is 0.0389. The van der Waals surface area contributed by atoms with E-state index in [1.165, 1.54) is 5.56 Å². The second-order valence-corrected chi connectivity index (χ2v) is 7.04. The van der Waals surface area contributed by atoms with E-state index in [9.17, 15) is 9.59 Å². The molecule has 1 fully saturated rings. The Hall–Kier alpha value is -1.36. The molecule has 0 saturated heterocycles. The van der Waals surface area contributed by atoms with Gasteiger partial charge in [-0.25, -0.2) is 0 Å². The molecule has 0 radical (unpaired) electrons. The highest BCUT2D eigenvalue weighted by molar-refractivity contribution is 9.10. The summed E-state index contributed by atoms with van der Waals surface area (Å²) in [5.41, 5.74) is 1.19. The highest BCUT2D eigenvalue weighted by Gasteiger charge is 2.30. The zero-order chi connectivity index (χ0) is 16.1. The lowest BCUT2D eigenvalue weighted by Crippen LogP contribution is -2.40. The third kappa shape index (κ3) is 4.83. The number of halogens is 1. The van der Waals surface area contributed by atoms with Gasteiger partial charge in [-0.2, -0.15) is 0 Å². The van der Waals surface area contributed by atoms with Crippen molar-refractivity contribution in [3.05, 3.63) is 34.3 Å². The van der Waals surface area contributed by atoms with Gasteiger partial charge in [0.1, 0.15) is 0 Å². The molecule has 0 aromatic heterocycles. The molecular weight excluding hydrogens is 346 g/mol. The number of carboxylic acids is 1. The zero-order valence-electron chi connectivity index (χ0n) is 12.7. The molecule has 120 valence electrons. The Morgan fingerprint density at radius 3 is 2.27 bits per heavy atom. The van der Waals surface area contributed by atoms with E-state index in [0.717, 1.165) is 10.9 Å². The largest absolute Gasteiger partial charge is 0.481 e. The maximum absolute atomic E-state index is 12.3. The normalized spacial score (nSPS) is 22.8. The van der Waals surface area contributed by atoms with Gasteiger partial charge in [-0.15, -0.1) is 0 Å². The van der Waals surface area contributed by atoms with Crippen LogP contribution in [0.1, 0.15) is 38.2 Å². The van der Waals surface area contributed by atoms with Crippen molar-refractivity contribution in [2.24, 2.45) is 11.8 Å². The molecule has 1 aromatic rings. The van der Waals surface area contributed by atoms with Crippen molar-refractivity contribution in [3.8, 4) is 0 Å². The maximum Gasteiger partial charge on any atom is 0.306 e. The second kappa shape index (κ2) is 7.77. The summed E-state index contributed by atoms with van der Waals surface area (Å²) < 4.78 is 1.04. The van der Waals surface area contributed by atoms with Crippen LogP contribution in [0.25, 0.3) is 0 Å². The molecule has 1 aromatic carbocycles. The molecule has 1 aliphatic rings. The van der Waals surface area contributed by atoms with Crippen molar-refractivity contribution in [2.75, 3.05) is 0 Å². The van der Waals surface area contributed by atoms with Gasteiger partial charge in [-0.1, -0.05) is 28.1 Å². The summed E-state index contributed by atoms with van der Waals surface area (Å²) in [6.45, 7) is 2.00. The number of benzene rings is 1. The fourth-order valence-electron chi connectivity index (χ4n) is 2.99. The van der Waals surface area contributed by atoms with Crippen LogP contribution in [0.2, 0.25) is 0 Å². The SMILES string of the molecule is CC(Cc1ccc(Br)cc1)NC(=O)C1CCC(C(=O)O)CC1.